The van der Waals surface area contributed by atoms with E-state index in [-0.39, 0.29) is 12.1 Å². The Morgan fingerprint density at radius 1 is 1.41 bits per heavy atom. The largest absolute Gasteiger partial charge is 0.394 e. The summed E-state index contributed by atoms with van der Waals surface area (Å²) in [6.07, 6.45) is 0.0639. The van der Waals surface area contributed by atoms with Crippen LogP contribution in [0, 0.1) is 0 Å². The van der Waals surface area contributed by atoms with Crippen LogP contribution in [0.2, 0.25) is 5.02 Å². The average molecular weight is 258 g/mol. The first-order valence-electron chi connectivity index (χ1n) is 5.71. The summed E-state index contributed by atoms with van der Waals surface area (Å²) in [5, 5.41) is 22.7. The molecule has 0 aromatic heterocycles. The van der Waals surface area contributed by atoms with Crippen molar-refractivity contribution in [2.24, 2.45) is 0 Å². The van der Waals surface area contributed by atoms with Gasteiger partial charge in [0.15, 0.2) is 0 Å². The Hall–Kier alpha value is -0.610. The van der Waals surface area contributed by atoms with Crippen molar-refractivity contribution < 1.29 is 10.2 Å². The predicted molar refractivity (Wildman–Crippen MR) is 70.3 cm³/mol. The van der Waals surface area contributed by atoms with E-state index in [9.17, 15) is 5.11 Å². The van der Waals surface area contributed by atoms with E-state index < -0.39 is 6.10 Å². The monoisotopic (exact) mass is 257 g/mol. The molecule has 1 aromatic carbocycles. The Labute approximate surface area is 107 Å². The maximum Gasteiger partial charge on any atom is 0.0705 e. The molecule has 0 fully saturated rings. The van der Waals surface area contributed by atoms with E-state index in [4.69, 9.17) is 16.7 Å². The van der Waals surface area contributed by atoms with Gasteiger partial charge in [0, 0.05) is 17.1 Å². The Morgan fingerprint density at radius 3 is 2.71 bits per heavy atom. The molecule has 3 nitrogen and oxygen atoms in total. The van der Waals surface area contributed by atoms with Crippen molar-refractivity contribution in [3.8, 4) is 0 Å². The van der Waals surface area contributed by atoms with Gasteiger partial charge in [0.2, 0.25) is 0 Å². The highest BCUT2D eigenvalue weighted by Gasteiger charge is 2.17. The third kappa shape index (κ3) is 5.50. The quantitative estimate of drug-likeness (QED) is 0.726. The SMILES string of the molecule is CC(C)(CO)NCC(O)Cc1cccc(Cl)c1. The lowest BCUT2D eigenvalue weighted by molar-refractivity contribution is 0.135. The Bertz CT molecular complexity index is 355. The molecule has 4 heteroatoms. The first-order chi connectivity index (χ1) is 7.93. The van der Waals surface area contributed by atoms with Crippen LogP contribution in [-0.4, -0.2) is 35.0 Å². The zero-order valence-electron chi connectivity index (χ0n) is 10.3. The van der Waals surface area contributed by atoms with E-state index in [0.717, 1.165) is 5.56 Å². The van der Waals surface area contributed by atoms with Gasteiger partial charge in [0.25, 0.3) is 0 Å². The third-order valence-electron chi connectivity index (χ3n) is 2.57. The zero-order valence-corrected chi connectivity index (χ0v) is 11.0. The smallest absolute Gasteiger partial charge is 0.0705 e. The van der Waals surface area contributed by atoms with Gasteiger partial charge in [-0.15, -0.1) is 0 Å². The van der Waals surface area contributed by atoms with Crippen LogP contribution in [0.25, 0.3) is 0 Å². The summed E-state index contributed by atoms with van der Waals surface area (Å²) >= 11 is 5.87. The van der Waals surface area contributed by atoms with Crippen molar-refractivity contribution in [1.29, 1.82) is 0 Å². The van der Waals surface area contributed by atoms with E-state index in [1.54, 1.807) is 0 Å². The summed E-state index contributed by atoms with van der Waals surface area (Å²) < 4.78 is 0. The molecule has 0 aliphatic heterocycles. The van der Waals surface area contributed by atoms with E-state index >= 15 is 0 Å². The highest BCUT2D eigenvalue weighted by Crippen LogP contribution is 2.12. The minimum absolute atomic E-state index is 0.0386. The van der Waals surface area contributed by atoms with Crippen molar-refractivity contribution in [2.45, 2.75) is 31.9 Å². The topological polar surface area (TPSA) is 52.5 Å². The zero-order chi connectivity index (χ0) is 12.9. The second-order valence-electron chi connectivity index (χ2n) is 4.91. The number of nitrogens with one attached hydrogen (secondary N) is 1. The standard InChI is InChI=1S/C13H20ClNO2/c1-13(2,9-16)15-8-12(17)7-10-4-3-5-11(14)6-10/h3-6,12,15-17H,7-9H2,1-2H3. The Balaban J connectivity index is 2.42. The number of hydrogen-bond donors (Lipinski definition) is 3. The molecule has 1 aromatic rings. The molecule has 0 spiro atoms. The van der Waals surface area contributed by atoms with Gasteiger partial charge in [0.1, 0.15) is 0 Å². The van der Waals surface area contributed by atoms with E-state index in [1.807, 2.05) is 38.1 Å². The fourth-order valence-electron chi connectivity index (χ4n) is 1.46. The Kier molecular flexibility index (Phi) is 5.40. The van der Waals surface area contributed by atoms with E-state index in [1.165, 1.54) is 0 Å². The van der Waals surface area contributed by atoms with Crippen molar-refractivity contribution in [2.75, 3.05) is 13.2 Å². The van der Waals surface area contributed by atoms with Crippen molar-refractivity contribution in [1.82, 2.24) is 5.32 Å². The van der Waals surface area contributed by atoms with Crippen molar-refractivity contribution in [3.05, 3.63) is 34.9 Å². The minimum atomic E-state index is -0.487. The second-order valence-corrected chi connectivity index (χ2v) is 5.35. The third-order valence-corrected chi connectivity index (χ3v) is 2.81. The molecule has 0 saturated heterocycles. The van der Waals surface area contributed by atoms with Gasteiger partial charge in [-0.05, 0) is 38.0 Å². The number of β-amino-alcohol motifs (C(OH)–C–C–N with tert-alkyl or cyclic N) is 1. The van der Waals surface area contributed by atoms with E-state index in [0.29, 0.717) is 18.0 Å². The molecule has 0 radical (unpaired) electrons. The normalized spacial score (nSPS) is 13.7. The summed E-state index contributed by atoms with van der Waals surface area (Å²) in [6.45, 7) is 4.26. The molecular formula is C13H20ClNO2. The molecule has 0 amide bonds. The van der Waals surface area contributed by atoms with Crippen molar-refractivity contribution >= 4 is 11.6 Å². The van der Waals surface area contributed by atoms with Gasteiger partial charge in [0.05, 0.1) is 12.7 Å². The van der Waals surface area contributed by atoms with Crippen LogP contribution in [0.15, 0.2) is 24.3 Å². The molecule has 0 saturated carbocycles. The number of hydrogen-bond acceptors (Lipinski definition) is 3. The molecule has 0 aliphatic rings. The Morgan fingerprint density at radius 2 is 2.12 bits per heavy atom. The molecule has 0 bridgehead atoms. The second kappa shape index (κ2) is 6.36. The molecule has 1 atom stereocenters. The van der Waals surface area contributed by atoms with Gasteiger partial charge in [-0.25, -0.2) is 0 Å². The fraction of sp³-hybridized carbons (Fsp3) is 0.538. The number of aliphatic hydroxyl groups excluding tert-OH is 2. The van der Waals surface area contributed by atoms with Crippen LogP contribution in [0.5, 0.6) is 0 Å². The molecule has 0 heterocycles. The van der Waals surface area contributed by atoms with Crippen molar-refractivity contribution in [3.63, 3.8) is 0 Å². The molecule has 1 unspecified atom stereocenters. The number of aliphatic hydroxyl groups is 2. The van der Waals surface area contributed by atoms with Crippen LogP contribution in [0.1, 0.15) is 19.4 Å². The van der Waals surface area contributed by atoms with Gasteiger partial charge in [-0.2, -0.15) is 0 Å². The average Bonchev–Trinajstić information content (AvgIpc) is 2.27. The summed E-state index contributed by atoms with van der Waals surface area (Å²) in [5.74, 6) is 0. The molecule has 17 heavy (non-hydrogen) atoms. The maximum atomic E-state index is 9.87. The lowest BCUT2D eigenvalue weighted by Crippen LogP contribution is -2.46. The molecule has 96 valence electrons. The molecule has 3 N–H and O–H groups in total. The molecular weight excluding hydrogens is 238 g/mol. The van der Waals surface area contributed by atoms with Gasteiger partial charge >= 0.3 is 0 Å². The summed E-state index contributed by atoms with van der Waals surface area (Å²) in [5.41, 5.74) is 0.642. The number of halogens is 1. The highest BCUT2D eigenvalue weighted by atomic mass is 35.5. The fourth-order valence-corrected chi connectivity index (χ4v) is 1.67. The lowest BCUT2D eigenvalue weighted by Gasteiger charge is -2.25. The number of rotatable bonds is 6. The van der Waals surface area contributed by atoms with Crippen LogP contribution >= 0.6 is 11.6 Å². The number of benzene rings is 1. The lowest BCUT2D eigenvalue weighted by atomic mass is 10.0. The molecule has 0 aliphatic carbocycles. The summed E-state index contributed by atoms with van der Waals surface area (Å²) in [6, 6.07) is 7.47. The molecule has 1 rings (SSSR count). The van der Waals surface area contributed by atoms with Crippen LogP contribution in [0.3, 0.4) is 0 Å². The first-order valence-corrected chi connectivity index (χ1v) is 6.09. The van der Waals surface area contributed by atoms with Crippen LogP contribution < -0.4 is 5.32 Å². The maximum absolute atomic E-state index is 9.87. The van der Waals surface area contributed by atoms with Gasteiger partial charge in [-0.3, -0.25) is 0 Å². The van der Waals surface area contributed by atoms with Crippen LogP contribution in [-0.2, 0) is 6.42 Å². The minimum Gasteiger partial charge on any atom is -0.394 e. The van der Waals surface area contributed by atoms with Gasteiger partial charge in [-0.1, -0.05) is 23.7 Å². The first kappa shape index (κ1) is 14.5. The summed E-state index contributed by atoms with van der Waals surface area (Å²) in [7, 11) is 0. The highest BCUT2D eigenvalue weighted by molar-refractivity contribution is 6.30. The van der Waals surface area contributed by atoms with Gasteiger partial charge < -0.3 is 15.5 Å². The van der Waals surface area contributed by atoms with E-state index in [2.05, 4.69) is 5.32 Å². The summed E-state index contributed by atoms with van der Waals surface area (Å²) in [4.78, 5) is 0. The van der Waals surface area contributed by atoms with Crippen LogP contribution in [0.4, 0.5) is 0 Å². The predicted octanol–water partition coefficient (Wildman–Crippen LogP) is 1.60.